The number of ether oxygens (including phenoxy) is 3. The quantitative estimate of drug-likeness (QED) is 0.434. The van der Waals surface area contributed by atoms with Crippen molar-refractivity contribution in [3.63, 3.8) is 0 Å². The van der Waals surface area contributed by atoms with Crippen LogP contribution in [0.4, 0.5) is 0 Å². The Labute approximate surface area is 158 Å². The van der Waals surface area contributed by atoms with Crippen molar-refractivity contribution in [2.75, 3.05) is 20.8 Å². The van der Waals surface area contributed by atoms with Gasteiger partial charge in [-0.3, -0.25) is 0 Å². The number of hydrogen-bond donors (Lipinski definition) is 1. The van der Waals surface area contributed by atoms with Crippen LogP contribution < -0.4 is 19.9 Å². The highest BCUT2D eigenvalue weighted by Crippen LogP contribution is 2.38. The predicted octanol–water partition coefficient (Wildman–Crippen LogP) is 3.68. The van der Waals surface area contributed by atoms with E-state index < -0.39 is 0 Å². The number of hydrogen-bond acceptors (Lipinski definition) is 6. The van der Waals surface area contributed by atoms with Crippen molar-refractivity contribution in [3.05, 3.63) is 53.6 Å². The van der Waals surface area contributed by atoms with E-state index >= 15 is 0 Å². The minimum atomic E-state index is 0.398. The lowest BCUT2D eigenvalue weighted by atomic mass is 10.2. The van der Waals surface area contributed by atoms with Gasteiger partial charge in [0.2, 0.25) is 5.75 Å². The Morgan fingerprint density at radius 2 is 1.77 bits per heavy atom. The molecule has 0 bridgehead atoms. The molecule has 0 amide bonds. The average Bonchev–Trinajstić information content (AvgIpc) is 2.68. The van der Waals surface area contributed by atoms with E-state index in [1.165, 1.54) is 17.3 Å². The van der Waals surface area contributed by atoms with E-state index in [-0.39, 0.29) is 0 Å². The number of benzene rings is 2. The molecule has 0 heterocycles. The van der Waals surface area contributed by atoms with Crippen molar-refractivity contribution in [1.29, 1.82) is 0 Å². The van der Waals surface area contributed by atoms with Crippen LogP contribution in [-0.4, -0.2) is 32.2 Å². The molecular weight excluding hydrogens is 350 g/mol. The molecular formula is C19H23N3O3S. The van der Waals surface area contributed by atoms with Gasteiger partial charge in [-0.2, -0.15) is 5.10 Å². The second kappa shape index (κ2) is 10.4. The Hall–Kier alpha value is -2.67. The van der Waals surface area contributed by atoms with Gasteiger partial charge in [0.05, 0.1) is 27.0 Å². The van der Waals surface area contributed by atoms with Gasteiger partial charge in [0.1, 0.15) is 0 Å². The summed E-state index contributed by atoms with van der Waals surface area (Å²) in [5, 5.41) is 8.46. The van der Waals surface area contributed by atoms with Gasteiger partial charge in [-0.15, -0.1) is 5.10 Å². The van der Waals surface area contributed by atoms with Gasteiger partial charge >= 0.3 is 0 Å². The lowest BCUT2D eigenvalue weighted by Crippen LogP contribution is -2.06. The summed E-state index contributed by atoms with van der Waals surface area (Å²) in [6.07, 6.45) is 1.59. The molecule has 2 rings (SSSR count). The zero-order chi connectivity index (χ0) is 18.8. The molecule has 2 aromatic carbocycles. The number of thioether (sulfide) groups is 1. The smallest absolute Gasteiger partial charge is 0.203 e. The number of nitrogens with zero attached hydrogens (tertiary/aromatic N) is 2. The van der Waals surface area contributed by atoms with Gasteiger partial charge in [0, 0.05) is 11.3 Å². The lowest BCUT2D eigenvalue weighted by molar-refractivity contribution is 0.288. The van der Waals surface area contributed by atoms with Crippen molar-refractivity contribution in [2.45, 2.75) is 12.7 Å². The van der Waals surface area contributed by atoms with Crippen molar-refractivity contribution < 1.29 is 14.2 Å². The number of amidine groups is 1. The van der Waals surface area contributed by atoms with Crippen LogP contribution >= 0.6 is 11.8 Å². The molecule has 0 saturated carbocycles. The van der Waals surface area contributed by atoms with E-state index in [4.69, 9.17) is 19.9 Å². The molecule has 0 saturated heterocycles. The van der Waals surface area contributed by atoms with Gasteiger partial charge in [-0.05, 0) is 24.6 Å². The molecule has 0 aromatic heterocycles. The molecule has 0 radical (unpaired) electrons. The Balaban J connectivity index is 2.06. The highest BCUT2D eigenvalue weighted by molar-refractivity contribution is 8.13. The predicted molar refractivity (Wildman–Crippen MR) is 108 cm³/mol. The van der Waals surface area contributed by atoms with E-state index in [0.29, 0.717) is 29.0 Å². The first-order chi connectivity index (χ1) is 12.7. The SMILES string of the molecule is CCOc1c(OC)cc(C=NN=C(N)SCc2ccccc2)cc1OC. The van der Waals surface area contributed by atoms with E-state index in [1.807, 2.05) is 37.3 Å². The summed E-state index contributed by atoms with van der Waals surface area (Å²) in [4.78, 5) is 0. The minimum Gasteiger partial charge on any atom is -0.493 e. The van der Waals surface area contributed by atoms with Crippen molar-refractivity contribution in [3.8, 4) is 17.2 Å². The Morgan fingerprint density at radius 1 is 1.12 bits per heavy atom. The Kier molecular flexibility index (Phi) is 7.82. The summed E-state index contributed by atoms with van der Waals surface area (Å²) in [6, 6.07) is 13.7. The zero-order valence-corrected chi connectivity index (χ0v) is 16.0. The third-order valence-electron chi connectivity index (χ3n) is 3.36. The van der Waals surface area contributed by atoms with Crippen LogP contribution in [0.25, 0.3) is 0 Å². The maximum Gasteiger partial charge on any atom is 0.203 e. The monoisotopic (exact) mass is 373 g/mol. The minimum absolute atomic E-state index is 0.398. The molecule has 26 heavy (non-hydrogen) atoms. The molecule has 7 heteroatoms. The number of methoxy groups -OCH3 is 2. The average molecular weight is 373 g/mol. The maximum atomic E-state index is 5.89. The fourth-order valence-electron chi connectivity index (χ4n) is 2.17. The molecule has 0 unspecified atom stereocenters. The second-order valence-corrected chi connectivity index (χ2v) is 6.14. The van der Waals surface area contributed by atoms with Crippen LogP contribution in [0.2, 0.25) is 0 Å². The first-order valence-electron chi connectivity index (χ1n) is 8.10. The zero-order valence-electron chi connectivity index (χ0n) is 15.1. The van der Waals surface area contributed by atoms with E-state index in [0.717, 1.165) is 11.3 Å². The normalized spacial score (nSPS) is 11.6. The Bertz CT molecular complexity index is 739. The van der Waals surface area contributed by atoms with Crippen LogP contribution in [0.5, 0.6) is 17.2 Å². The molecule has 0 fully saturated rings. The fraction of sp³-hybridized carbons (Fsp3) is 0.263. The molecule has 0 spiro atoms. The molecule has 6 nitrogen and oxygen atoms in total. The summed E-state index contributed by atoms with van der Waals surface area (Å²) in [5.41, 5.74) is 7.84. The molecule has 0 atom stereocenters. The highest BCUT2D eigenvalue weighted by atomic mass is 32.2. The Morgan fingerprint density at radius 3 is 2.35 bits per heavy atom. The van der Waals surface area contributed by atoms with Crippen molar-refractivity contribution in [1.82, 2.24) is 0 Å². The van der Waals surface area contributed by atoms with Crippen LogP contribution in [-0.2, 0) is 5.75 Å². The van der Waals surface area contributed by atoms with Crippen LogP contribution in [0, 0.1) is 0 Å². The third-order valence-corrected chi connectivity index (χ3v) is 4.22. The first-order valence-corrected chi connectivity index (χ1v) is 9.08. The van der Waals surface area contributed by atoms with Gasteiger partial charge < -0.3 is 19.9 Å². The lowest BCUT2D eigenvalue weighted by Gasteiger charge is -2.13. The van der Waals surface area contributed by atoms with E-state index in [1.54, 1.807) is 32.6 Å². The summed E-state index contributed by atoms with van der Waals surface area (Å²) in [5.74, 6) is 2.46. The van der Waals surface area contributed by atoms with Crippen LogP contribution in [0.1, 0.15) is 18.1 Å². The number of nitrogens with two attached hydrogens (primary N) is 1. The fourth-order valence-corrected chi connectivity index (χ4v) is 2.79. The topological polar surface area (TPSA) is 78.4 Å². The number of rotatable bonds is 8. The molecule has 138 valence electrons. The van der Waals surface area contributed by atoms with Gasteiger partial charge in [-0.1, -0.05) is 42.1 Å². The van der Waals surface area contributed by atoms with Crippen molar-refractivity contribution in [2.24, 2.45) is 15.9 Å². The molecule has 0 aliphatic carbocycles. The molecule has 0 aliphatic heterocycles. The molecule has 0 aliphatic rings. The first kappa shape index (κ1) is 19.7. The van der Waals surface area contributed by atoms with Crippen molar-refractivity contribution >= 4 is 23.1 Å². The molecule has 2 aromatic rings. The van der Waals surface area contributed by atoms with Gasteiger partial charge in [0.15, 0.2) is 16.7 Å². The van der Waals surface area contributed by atoms with Crippen LogP contribution in [0.3, 0.4) is 0 Å². The molecule has 2 N–H and O–H groups in total. The second-order valence-electron chi connectivity index (χ2n) is 5.14. The highest BCUT2D eigenvalue weighted by Gasteiger charge is 2.13. The summed E-state index contributed by atoms with van der Waals surface area (Å²) in [6.45, 7) is 2.42. The standard InChI is InChI=1S/C19H23N3O3S/c1-4-25-18-16(23-2)10-15(11-17(18)24-3)12-21-22-19(20)26-13-14-8-6-5-7-9-14/h5-12H,4,13H2,1-3H3,(H2,20,22). The maximum absolute atomic E-state index is 5.89. The van der Waals surface area contributed by atoms with E-state index in [2.05, 4.69) is 10.2 Å². The van der Waals surface area contributed by atoms with Crippen LogP contribution in [0.15, 0.2) is 52.7 Å². The largest absolute Gasteiger partial charge is 0.493 e. The van der Waals surface area contributed by atoms with Gasteiger partial charge in [0.25, 0.3) is 0 Å². The van der Waals surface area contributed by atoms with Gasteiger partial charge in [-0.25, -0.2) is 0 Å². The summed E-state index contributed by atoms with van der Waals surface area (Å²) >= 11 is 1.43. The summed E-state index contributed by atoms with van der Waals surface area (Å²) < 4.78 is 16.3. The third kappa shape index (κ3) is 5.70. The summed E-state index contributed by atoms with van der Waals surface area (Å²) in [7, 11) is 3.16. The van der Waals surface area contributed by atoms with E-state index in [9.17, 15) is 0 Å².